The molecule has 164 valence electrons. The summed E-state index contributed by atoms with van der Waals surface area (Å²) < 4.78 is 35.6. The first-order chi connectivity index (χ1) is 13.9. The Hall–Kier alpha value is -2.65. The molecule has 3 N–H and O–H groups in total. The fourth-order valence-electron chi connectivity index (χ4n) is 3.12. The molecule has 2 aromatic rings. The third-order valence-corrected chi connectivity index (χ3v) is 5.36. The van der Waals surface area contributed by atoms with Gasteiger partial charge in [-0.1, -0.05) is 19.9 Å². The molecule has 0 saturated heterocycles. The first kappa shape index (κ1) is 23.6. The molecule has 0 aliphatic heterocycles. The molecule has 30 heavy (non-hydrogen) atoms. The first-order valence-corrected chi connectivity index (χ1v) is 11.4. The van der Waals surface area contributed by atoms with E-state index >= 15 is 0 Å². The zero-order valence-electron chi connectivity index (χ0n) is 17.9. The summed E-state index contributed by atoms with van der Waals surface area (Å²) in [7, 11) is -2.12. The van der Waals surface area contributed by atoms with E-state index < -0.39 is 21.5 Å². The molecule has 0 fully saturated rings. The predicted octanol–water partition coefficient (Wildman–Crippen LogP) is 3.01. The van der Waals surface area contributed by atoms with Crippen molar-refractivity contribution in [3.05, 3.63) is 36.5 Å². The Kier molecular flexibility index (Phi) is 7.44. The molecule has 8 nitrogen and oxygen atoms in total. The van der Waals surface area contributed by atoms with Crippen LogP contribution in [0, 0.1) is 5.92 Å². The molecule has 1 atom stereocenters. The number of aromatic nitrogens is 1. The topological polar surface area (TPSA) is 121 Å². The lowest BCUT2D eigenvalue weighted by Gasteiger charge is -2.27. The van der Waals surface area contributed by atoms with Gasteiger partial charge in [-0.25, -0.2) is 18.2 Å². The van der Waals surface area contributed by atoms with E-state index in [1.807, 2.05) is 6.92 Å². The van der Waals surface area contributed by atoms with Gasteiger partial charge in [0.2, 0.25) is 5.88 Å². The molecular weight excluding hydrogens is 406 g/mol. The molecule has 0 spiro atoms. The quantitative estimate of drug-likeness (QED) is 0.654. The Morgan fingerprint density at radius 3 is 2.50 bits per heavy atom. The standard InChI is InChI=1S/C21H29N3O5S/c1-14(2)12-21(3,22)13-28-17-7-6-15(10-18(17)30(5,26)27)16-8-9-24-19(11-16)29-20(25)23-4/h6-11,14H,12-13,22H2,1-5H3,(H,23,25)/t21-/m0/s1. The third-order valence-electron chi connectivity index (χ3n) is 4.24. The van der Waals surface area contributed by atoms with Crippen molar-refractivity contribution >= 4 is 15.9 Å². The molecular formula is C21H29N3O5S. The van der Waals surface area contributed by atoms with Crippen LogP contribution in [0.5, 0.6) is 11.6 Å². The van der Waals surface area contributed by atoms with Crippen molar-refractivity contribution in [1.82, 2.24) is 10.3 Å². The number of nitrogens with zero attached hydrogens (tertiary/aromatic N) is 1. The zero-order chi connectivity index (χ0) is 22.5. The number of nitrogens with one attached hydrogen (secondary N) is 1. The molecule has 0 aliphatic rings. The van der Waals surface area contributed by atoms with E-state index in [0.717, 1.165) is 12.7 Å². The average Bonchev–Trinajstić information content (AvgIpc) is 2.64. The Morgan fingerprint density at radius 1 is 1.23 bits per heavy atom. The van der Waals surface area contributed by atoms with Gasteiger partial charge in [0.25, 0.3) is 0 Å². The van der Waals surface area contributed by atoms with E-state index in [2.05, 4.69) is 24.1 Å². The van der Waals surface area contributed by atoms with Crippen molar-refractivity contribution in [3.8, 4) is 22.8 Å². The summed E-state index contributed by atoms with van der Waals surface area (Å²) in [6, 6.07) is 8.12. The summed E-state index contributed by atoms with van der Waals surface area (Å²) in [5, 5.41) is 2.34. The van der Waals surface area contributed by atoms with E-state index in [1.54, 1.807) is 24.3 Å². The van der Waals surface area contributed by atoms with Crippen LogP contribution < -0.4 is 20.5 Å². The number of pyridine rings is 1. The summed E-state index contributed by atoms with van der Waals surface area (Å²) >= 11 is 0. The van der Waals surface area contributed by atoms with Crippen molar-refractivity contribution in [2.75, 3.05) is 19.9 Å². The Morgan fingerprint density at radius 2 is 1.90 bits per heavy atom. The highest BCUT2D eigenvalue weighted by molar-refractivity contribution is 7.90. The van der Waals surface area contributed by atoms with Crippen LogP contribution in [-0.4, -0.2) is 44.9 Å². The van der Waals surface area contributed by atoms with Gasteiger partial charge < -0.3 is 20.5 Å². The fourth-order valence-corrected chi connectivity index (χ4v) is 3.96. The lowest BCUT2D eigenvalue weighted by Crippen LogP contribution is -2.43. The number of amides is 1. The van der Waals surface area contributed by atoms with Gasteiger partial charge in [0, 0.05) is 31.1 Å². The van der Waals surface area contributed by atoms with E-state index in [9.17, 15) is 13.2 Å². The molecule has 0 aliphatic carbocycles. The van der Waals surface area contributed by atoms with Crippen LogP contribution in [-0.2, 0) is 9.84 Å². The van der Waals surface area contributed by atoms with Crippen molar-refractivity contribution in [1.29, 1.82) is 0 Å². The van der Waals surface area contributed by atoms with Gasteiger partial charge in [-0.05, 0) is 48.6 Å². The zero-order valence-corrected chi connectivity index (χ0v) is 18.7. The van der Waals surface area contributed by atoms with E-state index in [-0.39, 0.29) is 23.1 Å². The van der Waals surface area contributed by atoms with Gasteiger partial charge >= 0.3 is 6.09 Å². The van der Waals surface area contributed by atoms with Gasteiger partial charge in [-0.15, -0.1) is 0 Å². The molecule has 0 bridgehead atoms. The number of carbonyl (C=O) groups excluding carboxylic acids is 1. The van der Waals surface area contributed by atoms with Crippen molar-refractivity contribution in [2.24, 2.45) is 11.7 Å². The van der Waals surface area contributed by atoms with Crippen molar-refractivity contribution in [2.45, 2.75) is 37.6 Å². The van der Waals surface area contributed by atoms with Gasteiger partial charge in [0.05, 0.1) is 0 Å². The number of ether oxygens (including phenoxy) is 2. The Labute approximate surface area is 177 Å². The minimum absolute atomic E-state index is 0.0610. The van der Waals surface area contributed by atoms with E-state index in [1.165, 1.54) is 19.3 Å². The minimum atomic E-state index is -3.56. The highest BCUT2D eigenvalue weighted by Crippen LogP contribution is 2.31. The lowest BCUT2D eigenvalue weighted by atomic mass is 9.93. The number of benzene rings is 1. The number of sulfone groups is 1. The second-order valence-corrected chi connectivity index (χ2v) is 9.98. The fraction of sp³-hybridized carbons (Fsp3) is 0.429. The number of carbonyl (C=O) groups is 1. The second kappa shape index (κ2) is 9.44. The average molecular weight is 436 g/mol. The maximum atomic E-state index is 12.4. The largest absolute Gasteiger partial charge is 0.490 e. The molecule has 9 heteroatoms. The van der Waals surface area contributed by atoms with Crippen molar-refractivity contribution in [3.63, 3.8) is 0 Å². The van der Waals surface area contributed by atoms with Crippen LogP contribution in [0.4, 0.5) is 4.79 Å². The smallest absolute Gasteiger partial charge is 0.413 e. The summed E-state index contributed by atoms with van der Waals surface area (Å²) in [6.07, 6.45) is 2.70. The van der Waals surface area contributed by atoms with Gasteiger partial charge in [0.15, 0.2) is 9.84 Å². The summed E-state index contributed by atoms with van der Waals surface area (Å²) in [5.41, 5.74) is 6.96. The normalized spacial score (nSPS) is 13.6. The van der Waals surface area contributed by atoms with Crippen LogP contribution >= 0.6 is 0 Å². The maximum Gasteiger partial charge on any atom is 0.413 e. The first-order valence-electron chi connectivity index (χ1n) is 9.53. The second-order valence-electron chi connectivity index (χ2n) is 8.00. The highest BCUT2D eigenvalue weighted by atomic mass is 32.2. The van der Waals surface area contributed by atoms with Crippen LogP contribution in [0.15, 0.2) is 41.4 Å². The van der Waals surface area contributed by atoms with Crippen LogP contribution in [0.3, 0.4) is 0 Å². The van der Waals surface area contributed by atoms with Crippen molar-refractivity contribution < 1.29 is 22.7 Å². The summed E-state index contributed by atoms with van der Waals surface area (Å²) in [5.74, 6) is 0.733. The lowest BCUT2D eigenvalue weighted by molar-refractivity contribution is 0.201. The van der Waals surface area contributed by atoms with Crippen LogP contribution in [0.1, 0.15) is 27.2 Å². The Balaban J connectivity index is 2.35. The molecule has 1 aromatic heterocycles. The molecule has 1 heterocycles. The highest BCUT2D eigenvalue weighted by Gasteiger charge is 2.23. The Bertz CT molecular complexity index is 1000. The van der Waals surface area contributed by atoms with Gasteiger partial charge in [-0.3, -0.25) is 0 Å². The summed E-state index contributed by atoms with van der Waals surface area (Å²) in [4.78, 5) is 15.4. The van der Waals surface area contributed by atoms with Crippen LogP contribution in [0.2, 0.25) is 0 Å². The molecule has 1 amide bonds. The number of hydrogen-bond donors (Lipinski definition) is 2. The van der Waals surface area contributed by atoms with Gasteiger partial charge in [-0.2, -0.15) is 0 Å². The third kappa shape index (κ3) is 6.70. The molecule has 0 saturated carbocycles. The molecule has 0 radical (unpaired) electrons. The number of nitrogens with two attached hydrogens (primary N) is 1. The van der Waals surface area contributed by atoms with E-state index in [4.69, 9.17) is 15.2 Å². The predicted molar refractivity (Wildman–Crippen MR) is 115 cm³/mol. The number of rotatable bonds is 8. The molecule has 2 rings (SSSR count). The molecule has 0 unspecified atom stereocenters. The SMILES string of the molecule is CNC(=O)Oc1cc(-c2ccc(OC[C@@](C)(N)CC(C)C)c(S(C)(=O)=O)c2)ccn1. The minimum Gasteiger partial charge on any atom is -0.490 e. The molecule has 1 aromatic carbocycles. The van der Waals surface area contributed by atoms with Crippen LogP contribution in [0.25, 0.3) is 11.1 Å². The van der Waals surface area contributed by atoms with Gasteiger partial charge in [0.1, 0.15) is 17.3 Å². The maximum absolute atomic E-state index is 12.4. The summed E-state index contributed by atoms with van der Waals surface area (Å²) in [6.45, 7) is 6.20. The number of hydrogen-bond acceptors (Lipinski definition) is 7. The monoisotopic (exact) mass is 435 g/mol. The van der Waals surface area contributed by atoms with E-state index in [0.29, 0.717) is 17.0 Å².